The van der Waals surface area contributed by atoms with Gasteiger partial charge in [-0.15, -0.1) is 0 Å². The number of benzene rings is 1. The highest BCUT2D eigenvalue weighted by Crippen LogP contribution is 2.29. The van der Waals surface area contributed by atoms with E-state index in [4.69, 9.17) is 9.15 Å². The van der Waals surface area contributed by atoms with E-state index >= 15 is 0 Å². The lowest BCUT2D eigenvalue weighted by Gasteiger charge is -2.21. The van der Waals surface area contributed by atoms with E-state index in [-0.39, 0.29) is 36.3 Å². The van der Waals surface area contributed by atoms with Crippen molar-refractivity contribution in [1.82, 2.24) is 15.2 Å². The molecule has 1 aromatic carbocycles. The van der Waals surface area contributed by atoms with Crippen LogP contribution in [0, 0.1) is 0 Å². The molecule has 2 saturated carbocycles. The summed E-state index contributed by atoms with van der Waals surface area (Å²) in [6, 6.07) is 7.38. The fraction of sp³-hybridized carbons (Fsp3) is 0.421. The molecule has 0 bridgehead atoms. The highest BCUT2D eigenvalue weighted by Gasteiger charge is 2.34. The first-order valence-electron chi connectivity index (χ1n) is 9.09. The summed E-state index contributed by atoms with van der Waals surface area (Å²) in [4.78, 5) is 30.7. The molecule has 27 heavy (non-hydrogen) atoms. The maximum atomic E-state index is 12.7. The zero-order chi connectivity index (χ0) is 18.8. The predicted octanol–water partition coefficient (Wildman–Crippen LogP) is 2.77. The molecule has 8 nitrogen and oxygen atoms in total. The molecule has 0 saturated heterocycles. The molecule has 2 fully saturated rings. The second-order valence-electron chi connectivity index (χ2n) is 6.90. The van der Waals surface area contributed by atoms with Crippen molar-refractivity contribution in [2.75, 3.05) is 12.4 Å². The lowest BCUT2D eigenvalue weighted by Crippen LogP contribution is -2.36. The van der Waals surface area contributed by atoms with E-state index in [9.17, 15) is 9.59 Å². The first-order valence-corrected chi connectivity index (χ1v) is 9.09. The summed E-state index contributed by atoms with van der Waals surface area (Å²) in [5.74, 6) is 0.791. The molecule has 2 aliphatic carbocycles. The SMILES string of the molecule is COc1cccc(NC(=O)N(Cc2nc(C(=O)NC3CC3)co2)C2CC2)c1. The number of anilines is 1. The van der Waals surface area contributed by atoms with E-state index in [1.165, 1.54) is 6.26 Å². The van der Waals surface area contributed by atoms with E-state index in [2.05, 4.69) is 15.6 Å². The van der Waals surface area contributed by atoms with Crippen LogP contribution in [0.15, 0.2) is 34.9 Å². The van der Waals surface area contributed by atoms with Crippen molar-refractivity contribution in [2.45, 2.75) is 44.3 Å². The van der Waals surface area contributed by atoms with Gasteiger partial charge >= 0.3 is 6.03 Å². The average Bonchev–Trinajstić information content (AvgIpc) is 3.60. The first kappa shape index (κ1) is 17.4. The predicted molar refractivity (Wildman–Crippen MR) is 97.6 cm³/mol. The molecule has 4 rings (SSSR count). The number of carbonyl (C=O) groups is 2. The van der Waals surface area contributed by atoms with Crippen LogP contribution in [0.2, 0.25) is 0 Å². The van der Waals surface area contributed by atoms with Crippen LogP contribution in [0.4, 0.5) is 10.5 Å². The standard InChI is InChI=1S/C19H22N4O4/c1-26-15-4-2-3-13(9-15)21-19(25)23(14-7-8-14)10-17-22-16(11-27-17)18(24)20-12-5-6-12/h2-4,9,11-12,14H,5-8,10H2,1H3,(H,20,24)(H,21,25). The fourth-order valence-electron chi connectivity index (χ4n) is 2.77. The Morgan fingerprint density at radius 1 is 1.30 bits per heavy atom. The number of methoxy groups -OCH3 is 1. The third-order valence-electron chi connectivity index (χ3n) is 4.57. The van der Waals surface area contributed by atoms with Gasteiger partial charge in [0.15, 0.2) is 5.69 Å². The van der Waals surface area contributed by atoms with Gasteiger partial charge in [-0.25, -0.2) is 9.78 Å². The van der Waals surface area contributed by atoms with Gasteiger partial charge in [0.05, 0.1) is 13.7 Å². The molecular weight excluding hydrogens is 348 g/mol. The molecule has 2 aliphatic rings. The minimum absolute atomic E-state index is 0.159. The van der Waals surface area contributed by atoms with Crippen LogP contribution in [-0.4, -0.2) is 41.0 Å². The summed E-state index contributed by atoms with van der Waals surface area (Å²) in [6.07, 6.45) is 5.26. The molecule has 1 heterocycles. The molecule has 0 unspecified atom stereocenters. The Kier molecular flexibility index (Phi) is 4.70. The Labute approximate surface area is 156 Å². The van der Waals surface area contributed by atoms with Gasteiger partial charge in [-0.2, -0.15) is 0 Å². The quantitative estimate of drug-likeness (QED) is 0.781. The normalized spacial score (nSPS) is 15.9. The number of rotatable bonds is 7. The Morgan fingerprint density at radius 2 is 2.11 bits per heavy atom. The number of hydrogen-bond donors (Lipinski definition) is 2. The second kappa shape index (κ2) is 7.30. The topological polar surface area (TPSA) is 96.7 Å². The number of amides is 3. The number of ether oxygens (including phenoxy) is 1. The Hall–Kier alpha value is -3.03. The van der Waals surface area contributed by atoms with Crippen molar-refractivity contribution in [3.8, 4) is 5.75 Å². The van der Waals surface area contributed by atoms with Gasteiger partial charge in [0.1, 0.15) is 12.0 Å². The van der Waals surface area contributed by atoms with E-state index in [1.54, 1.807) is 24.1 Å². The van der Waals surface area contributed by atoms with Gasteiger partial charge in [0, 0.05) is 23.8 Å². The molecule has 0 spiro atoms. The zero-order valence-corrected chi connectivity index (χ0v) is 15.1. The van der Waals surface area contributed by atoms with E-state index in [0.29, 0.717) is 17.3 Å². The molecule has 142 valence electrons. The van der Waals surface area contributed by atoms with Crippen molar-refractivity contribution in [1.29, 1.82) is 0 Å². The van der Waals surface area contributed by atoms with E-state index in [1.807, 2.05) is 12.1 Å². The van der Waals surface area contributed by atoms with Crippen LogP contribution < -0.4 is 15.4 Å². The van der Waals surface area contributed by atoms with Gasteiger partial charge in [-0.1, -0.05) is 6.07 Å². The van der Waals surface area contributed by atoms with Gasteiger partial charge in [0.2, 0.25) is 5.89 Å². The van der Waals surface area contributed by atoms with Crippen LogP contribution >= 0.6 is 0 Å². The Balaban J connectivity index is 1.41. The Bertz CT molecular complexity index is 842. The summed E-state index contributed by atoms with van der Waals surface area (Å²) in [5, 5.41) is 5.75. The maximum Gasteiger partial charge on any atom is 0.322 e. The average molecular weight is 370 g/mol. The smallest absolute Gasteiger partial charge is 0.322 e. The molecular formula is C19H22N4O4. The highest BCUT2D eigenvalue weighted by molar-refractivity contribution is 5.92. The van der Waals surface area contributed by atoms with Gasteiger partial charge in [-0.05, 0) is 37.8 Å². The van der Waals surface area contributed by atoms with Crippen molar-refractivity contribution >= 4 is 17.6 Å². The largest absolute Gasteiger partial charge is 0.497 e. The number of nitrogens with one attached hydrogen (secondary N) is 2. The number of hydrogen-bond acceptors (Lipinski definition) is 5. The Morgan fingerprint density at radius 3 is 2.81 bits per heavy atom. The summed E-state index contributed by atoms with van der Waals surface area (Å²) in [5.41, 5.74) is 0.905. The van der Waals surface area contributed by atoms with Gasteiger partial charge in [0.25, 0.3) is 5.91 Å². The second-order valence-corrected chi connectivity index (χ2v) is 6.90. The van der Waals surface area contributed by atoms with Gasteiger partial charge < -0.3 is 24.7 Å². The van der Waals surface area contributed by atoms with Crippen molar-refractivity contribution in [3.63, 3.8) is 0 Å². The molecule has 3 amide bonds. The molecule has 0 radical (unpaired) electrons. The number of nitrogens with zero attached hydrogens (tertiary/aromatic N) is 2. The van der Waals surface area contributed by atoms with Crippen LogP contribution in [0.1, 0.15) is 42.1 Å². The highest BCUT2D eigenvalue weighted by atomic mass is 16.5. The third-order valence-corrected chi connectivity index (χ3v) is 4.57. The minimum Gasteiger partial charge on any atom is -0.497 e. The third kappa shape index (κ3) is 4.39. The van der Waals surface area contributed by atoms with Gasteiger partial charge in [-0.3, -0.25) is 4.79 Å². The summed E-state index contributed by atoms with van der Waals surface area (Å²) >= 11 is 0. The van der Waals surface area contributed by atoms with Crippen LogP contribution in [0.25, 0.3) is 0 Å². The molecule has 0 aliphatic heterocycles. The lowest BCUT2D eigenvalue weighted by molar-refractivity contribution is 0.0946. The van der Waals surface area contributed by atoms with Crippen molar-refractivity contribution in [2.24, 2.45) is 0 Å². The lowest BCUT2D eigenvalue weighted by atomic mass is 10.3. The van der Waals surface area contributed by atoms with Crippen molar-refractivity contribution < 1.29 is 18.7 Å². The maximum absolute atomic E-state index is 12.7. The summed E-state index contributed by atoms with van der Waals surface area (Å²) in [6.45, 7) is 0.219. The van der Waals surface area contributed by atoms with Crippen LogP contribution in [0.3, 0.4) is 0 Å². The fourth-order valence-corrected chi connectivity index (χ4v) is 2.77. The number of carbonyl (C=O) groups excluding carboxylic acids is 2. The minimum atomic E-state index is -0.230. The molecule has 2 N–H and O–H groups in total. The van der Waals surface area contributed by atoms with Crippen molar-refractivity contribution in [3.05, 3.63) is 42.1 Å². The summed E-state index contributed by atoms with van der Waals surface area (Å²) < 4.78 is 10.6. The zero-order valence-electron chi connectivity index (χ0n) is 15.1. The molecule has 8 heteroatoms. The van der Waals surface area contributed by atoms with E-state index in [0.717, 1.165) is 25.7 Å². The molecule has 2 aromatic rings. The first-order chi connectivity index (χ1) is 13.1. The molecule has 1 aromatic heterocycles. The number of urea groups is 1. The number of aromatic nitrogens is 1. The molecule has 0 atom stereocenters. The monoisotopic (exact) mass is 370 g/mol. The van der Waals surface area contributed by atoms with Crippen LogP contribution in [0.5, 0.6) is 5.75 Å². The van der Waals surface area contributed by atoms with E-state index < -0.39 is 0 Å². The number of oxazole rings is 1. The van der Waals surface area contributed by atoms with Crippen LogP contribution in [-0.2, 0) is 6.54 Å². The summed E-state index contributed by atoms with van der Waals surface area (Å²) in [7, 11) is 1.58.